The standard InChI is InChI=1S/C29H29FN2O4S/c1-4-5-6-10-17-32(37(3,34)35)25-19-26-24(18-23(25)20-11-8-7-9-12-20)27(29(33)31-2)28(36-26)21-13-15-22(30)16-14-21/h4,7-9,11-16,18-19H,1,5-6,10,17H2,2-3H3,(H,31,33). The first-order valence-corrected chi connectivity index (χ1v) is 13.8. The van der Waals surface area contributed by atoms with Gasteiger partial charge in [0.25, 0.3) is 5.91 Å². The Labute approximate surface area is 216 Å². The highest BCUT2D eigenvalue weighted by Crippen LogP contribution is 2.41. The van der Waals surface area contributed by atoms with E-state index in [2.05, 4.69) is 11.9 Å². The van der Waals surface area contributed by atoms with Crippen LogP contribution in [0, 0.1) is 5.82 Å². The number of sulfonamides is 1. The van der Waals surface area contributed by atoms with Crippen LogP contribution in [0.2, 0.25) is 0 Å². The number of benzene rings is 3. The van der Waals surface area contributed by atoms with Crippen molar-refractivity contribution in [3.63, 3.8) is 0 Å². The molecule has 1 heterocycles. The molecule has 37 heavy (non-hydrogen) atoms. The molecular formula is C29H29FN2O4S. The first kappa shape index (κ1) is 26.2. The van der Waals surface area contributed by atoms with Crippen LogP contribution in [0.5, 0.6) is 0 Å². The second kappa shape index (κ2) is 11.0. The fraction of sp³-hybridized carbons (Fsp3) is 0.207. The van der Waals surface area contributed by atoms with Crippen molar-refractivity contribution in [1.29, 1.82) is 0 Å². The van der Waals surface area contributed by atoms with E-state index in [-0.39, 0.29) is 18.2 Å². The molecule has 4 rings (SSSR count). The highest BCUT2D eigenvalue weighted by molar-refractivity contribution is 7.92. The molecule has 0 aliphatic rings. The number of hydrogen-bond donors (Lipinski definition) is 1. The molecule has 1 amide bonds. The van der Waals surface area contributed by atoms with Crippen molar-refractivity contribution in [2.75, 3.05) is 24.2 Å². The number of amides is 1. The van der Waals surface area contributed by atoms with Crippen molar-refractivity contribution in [1.82, 2.24) is 5.32 Å². The Morgan fingerprint density at radius 2 is 1.76 bits per heavy atom. The minimum Gasteiger partial charge on any atom is -0.455 e. The van der Waals surface area contributed by atoms with Crippen molar-refractivity contribution in [3.05, 3.63) is 90.8 Å². The van der Waals surface area contributed by atoms with Crippen LogP contribution in [-0.2, 0) is 10.0 Å². The van der Waals surface area contributed by atoms with E-state index in [1.165, 1.54) is 29.7 Å². The molecule has 1 aromatic heterocycles. The summed E-state index contributed by atoms with van der Waals surface area (Å²) in [5.41, 5.74) is 3.09. The second-order valence-corrected chi connectivity index (χ2v) is 10.7. The number of hydrogen-bond acceptors (Lipinski definition) is 4. The van der Waals surface area contributed by atoms with Gasteiger partial charge in [-0.25, -0.2) is 12.8 Å². The number of carbonyl (C=O) groups is 1. The maximum Gasteiger partial charge on any atom is 0.255 e. The van der Waals surface area contributed by atoms with E-state index in [4.69, 9.17) is 4.42 Å². The van der Waals surface area contributed by atoms with Crippen LogP contribution in [-0.4, -0.2) is 34.2 Å². The number of rotatable bonds is 10. The summed E-state index contributed by atoms with van der Waals surface area (Å²) < 4.78 is 47.1. The van der Waals surface area contributed by atoms with Crippen LogP contribution < -0.4 is 9.62 Å². The van der Waals surface area contributed by atoms with Crippen LogP contribution >= 0.6 is 0 Å². The topological polar surface area (TPSA) is 79.6 Å². The molecule has 0 fully saturated rings. The predicted octanol–water partition coefficient (Wildman–Crippen LogP) is 6.39. The molecule has 0 saturated heterocycles. The van der Waals surface area contributed by atoms with E-state index >= 15 is 0 Å². The minimum absolute atomic E-state index is 0.280. The number of fused-ring (bicyclic) bond motifs is 1. The lowest BCUT2D eigenvalue weighted by Gasteiger charge is -2.25. The zero-order valence-corrected chi connectivity index (χ0v) is 21.6. The zero-order chi connectivity index (χ0) is 26.6. The third-order valence-corrected chi connectivity index (χ3v) is 7.32. The van der Waals surface area contributed by atoms with Gasteiger partial charge in [0.05, 0.1) is 17.5 Å². The number of carbonyl (C=O) groups excluding carboxylic acids is 1. The van der Waals surface area contributed by atoms with Crippen LogP contribution in [0.15, 0.2) is 83.8 Å². The zero-order valence-electron chi connectivity index (χ0n) is 20.8. The summed E-state index contributed by atoms with van der Waals surface area (Å²) >= 11 is 0. The van der Waals surface area contributed by atoms with E-state index in [1.807, 2.05) is 36.4 Å². The summed E-state index contributed by atoms with van der Waals surface area (Å²) in [6.45, 7) is 4.02. The normalized spacial score (nSPS) is 11.4. The van der Waals surface area contributed by atoms with Gasteiger partial charge in [-0.05, 0) is 55.2 Å². The Balaban J connectivity index is 2.00. The van der Waals surface area contributed by atoms with Gasteiger partial charge in [-0.3, -0.25) is 9.10 Å². The summed E-state index contributed by atoms with van der Waals surface area (Å²) in [6.07, 6.45) is 5.23. The molecule has 0 spiro atoms. The molecule has 0 aliphatic carbocycles. The van der Waals surface area contributed by atoms with E-state index in [1.54, 1.807) is 24.3 Å². The van der Waals surface area contributed by atoms with Gasteiger partial charge < -0.3 is 9.73 Å². The van der Waals surface area contributed by atoms with Gasteiger partial charge in [-0.15, -0.1) is 6.58 Å². The molecular weight excluding hydrogens is 491 g/mol. The molecule has 0 radical (unpaired) electrons. The van der Waals surface area contributed by atoms with E-state index in [0.29, 0.717) is 39.8 Å². The van der Waals surface area contributed by atoms with Gasteiger partial charge in [0.1, 0.15) is 17.2 Å². The molecule has 192 valence electrons. The van der Waals surface area contributed by atoms with Crippen molar-refractivity contribution in [2.45, 2.75) is 19.3 Å². The first-order valence-electron chi connectivity index (χ1n) is 12.0. The van der Waals surface area contributed by atoms with Crippen molar-refractivity contribution in [3.8, 4) is 22.5 Å². The third kappa shape index (κ3) is 5.59. The second-order valence-electron chi connectivity index (χ2n) is 8.74. The van der Waals surface area contributed by atoms with E-state index in [9.17, 15) is 17.6 Å². The summed E-state index contributed by atoms with van der Waals surface area (Å²) in [5.74, 6) is -0.494. The molecule has 8 heteroatoms. The lowest BCUT2D eigenvalue weighted by atomic mass is 9.98. The lowest BCUT2D eigenvalue weighted by molar-refractivity contribution is 0.0964. The quantitative estimate of drug-likeness (QED) is 0.194. The third-order valence-electron chi connectivity index (χ3n) is 6.14. The van der Waals surface area contributed by atoms with Gasteiger partial charge >= 0.3 is 0 Å². The van der Waals surface area contributed by atoms with Crippen LogP contribution in [0.4, 0.5) is 10.1 Å². The molecule has 4 aromatic rings. The summed E-state index contributed by atoms with van der Waals surface area (Å²) in [6, 6.07) is 18.6. The molecule has 6 nitrogen and oxygen atoms in total. The largest absolute Gasteiger partial charge is 0.455 e. The average Bonchev–Trinajstić information content (AvgIpc) is 3.26. The lowest BCUT2D eigenvalue weighted by Crippen LogP contribution is -2.31. The summed E-state index contributed by atoms with van der Waals surface area (Å²) in [4.78, 5) is 13.0. The number of furan rings is 1. The Morgan fingerprint density at radius 3 is 2.38 bits per heavy atom. The minimum atomic E-state index is -3.64. The predicted molar refractivity (Wildman–Crippen MR) is 147 cm³/mol. The highest BCUT2D eigenvalue weighted by atomic mass is 32.2. The average molecular weight is 521 g/mol. The van der Waals surface area contributed by atoms with E-state index < -0.39 is 15.8 Å². The van der Waals surface area contributed by atoms with Gasteiger partial charge in [0.15, 0.2) is 0 Å². The molecule has 0 aliphatic heterocycles. The highest BCUT2D eigenvalue weighted by Gasteiger charge is 2.27. The van der Waals surface area contributed by atoms with Gasteiger partial charge in [0, 0.05) is 36.2 Å². The van der Waals surface area contributed by atoms with Crippen molar-refractivity contribution < 1.29 is 22.0 Å². The van der Waals surface area contributed by atoms with Crippen LogP contribution in [0.25, 0.3) is 33.4 Å². The maximum atomic E-state index is 13.6. The smallest absolute Gasteiger partial charge is 0.255 e. The molecule has 0 atom stereocenters. The Hall–Kier alpha value is -3.91. The Bertz CT molecular complexity index is 1530. The molecule has 0 bridgehead atoms. The number of nitrogens with one attached hydrogen (secondary N) is 1. The fourth-order valence-electron chi connectivity index (χ4n) is 4.35. The number of nitrogens with zero attached hydrogens (tertiary/aromatic N) is 1. The monoisotopic (exact) mass is 520 g/mol. The Kier molecular flexibility index (Phi) is 7.78. The molecule has 0 unspecified atom stereocenters. The molecule has 3 aromatic carbocycles. The van der Waals surface area contributed by atoms with Crippen LogP contribution in [0.3, 0.4) is 0 Å². The van der Waals surface area contributed by atoms with Crippen molar-refractivity contribution in [2.24, 2.45) is 0 Å². The van der Waals surface area contributed by atoms with E-state index in [0.717, 1.165) is 18.4 Å². The molecule has 0 saturated carbocycles. The Morgan fingerprint density at radius 1 is 1.05 bits per heavy atom. The number of anilines is 1. The van der Waals surface area contributed by atoms with Crippen LogP contribution in [0.1, 0.15) is 29.6 Å². The fourth-order valence-corrected chi connectivity index (χ4v) is 5.32. The SMILES string of the molecule is C=CCCCCN(c1cc2oc(-c3ccc(F)cc3)c(C(=O)NC)c2cc1-c1ccccc1)S(C)(=O)=O. The summed E-state index contributed by atoms with van der Waals surface area (Å²) in [5, 5.41) is 3.18. The molecule has 1 N–H and O–H groups in total. The maximum absolute atomic E-state index is 13.6. The summed E-state index contributed by atoms with van der Waals surface area (Å²) in [7, 11) is -2.12. The number of halogens is 1. The van der Waals surface area contributed by atoms with Gasteiger partial charge in [-0.1, -0.05) is 36.4 Å². The van der Waals surface area contributed by atoms with Gasteiger partial charge in [-0.2, -0.15) is 0 Å². The first-order chi connectivity index (χ1) is 17.7. The number of allylic oxidation sites excluding steroid dienone is 1. The van der Waals surface area contributed by atoms with Crippen molar-refractivity contribution >= 4 is 32.6 Å². The number of unbranched alkanes of at least 4 members (excludes halogenated alkanes) is 2. The van der Waals surface area contributed by atoms with Gasteiger partial charge in [0.2, 0.25) is 10.0 Å².